The van der Waals surface area contributed by atoms with Gasteiger partial charge in [-0.2, -0.15) is 0 Å². The number of aromatic nitrogens is 3. The number of nitrogens with one attached hydrogen (secondary N) is 1. The van der Waals surface area contributed by atoms with Crippen LogP contribution in [0.2, 0.25) is 0 Å². The number of carbonyl (C=O) groups excluding carboxylic acids is 1. The second-order valence-electron chi connectivity index (χ2n) is 6.26. The third-order valence-corrected chi connectivity index (χ3v) is 4.45. The molecule has 0 radical (unpaired) electrons. The topological polar surface area (TPSA) is 77.8 Å². The fraction of sp³-hybridized carbons (Fsp3) is 0.136. The number of fused-ring (bicyclic) bond motifs is 1. The van der Waals surface area contributed by atoms with Gasteiger partial charge in [0.2, 0.25) is 0 Å². The summed E-state index contributed by atoms with van der Waals surface area (Å²) in [6.45, 7) is 2.13. The molecule has 0 aliphatic rings. The van der Waals surface area contributed by atoms with Gasteiger partial charge in [-0.05, 0) is 55.5 Å². The van der Waals surface area contributed by atoms with Crippen molar-refractivity contribution in [3.05, 3.63) is 72.7 Å². The van der Waals surface area contributed by atoms with Gasteiger partial charge >= 0.3 is 5.97 Å². The third kappa shape index (κ3) is 3.75. The highest BCUT2D eigenvalue weighted by Gasteiger charge is 2.15. The van der Waals surface area contributed by atoms with Gasteiger partial charge in [0, 0.05) is 23.6 Å². The predicted octanol–water partition coefficient (Wildman–Crippen LogP) is 4.33. The lowest BCUT2D eigenvalue weighted by Crippen LogP contribution is -2.04. The minimum Gasteiger partial charge on any atom is -0.497 e. The van der Waals surface area contributed by atoms with Gasteiger partial charge in [0.25, 0.3) is 0 Å². The maximum absolute atomic E-state index is 11.9. The number of carbonyl (C=O) groups is 1. The summed E-state index contributed by atoms with van der Waals surface area (Å²) in [7, 11) is 1.64. The number of hydrogen-bond acceptors (Lipinski definition) is 6. The Labute approximate surface area is 168 Å². The zero-order valence-corrected chi connectivity index (χ0v) is 16.1. The van der Waals surface area contributed by atoms with E-state index in [0.29, 0.717) is 12.2 Å². The number of esters is 1. The van der Waals surface area contributed by atoms with Crippen LogP contribution in [0.15, 0.2) is 67.1 Å². The van der Waals surface area contributed by atoms with Crippen LogP contribution in [0.3, 0.4) is 0 Å². The molecule has 0 saturated heterocycles. The Morgan fingerprint density at radius 3 is 2.55 bits per heavy atom. The summed E-state index contributed by atoms with van der Waals surface area (Å²) >= 11 is 0. The summed E-state index contributed by atoms with van der Waals surface area (Å²) in [5.74, 6) is 1.25. The average molecular weight is 388 g/mol. The zero-order chi connectivity index (χ0) is 20.2. The Bertz CT molecular complexity index is 1140. The van der Waals surface area contributed by atoms with Gasteiger partial charge in [0.1, 0.15) is 17.3 Å². The van der Waals surface area contributed by atoms with Crippen molar-refractivity contribution < 1.29 is 14.3 Å². The van der Waals surface area contributed by atoms with Crippen molar-refractivity contribution in [2.75, 3.05) is 19.0 Å². The molecule has 0 aliphatic heterocycles. The van der Waals surface area contributed by atoms with Crippen LogP contribution in [0.25, 0.3) is 16.9 Å². The van der Waals surface area contributed by atoms with Gasteiger partial charge in [0.05, 0.1) is 25.5 Å². The van der Waals surface area contributed by atoms with E-state index in [-0.39, 0.29) is 5.97 Å². The first kappa shape index (κ1) is 18.5. The van der Waals surface area contributed by atoms with Crippen LogP contribution in [0.4, 0.5) is 11.5 Å². The highest BCUT2D eigenvalue weighted by molar-refractivity contribution is 5.90. The van der Waals surface area contributed by atoms with Gasteiger partial charge in [-0.15, -0.1) is 0 Å². The molecule has 2 heterocycles. The molecule has 4 rings (SSSR count). The van der Waals surface area contributed by atoms with E-state index >= 15 is 0 Å². The molecule has 7 heteroatoms. The molecule has 4 aromatic rings. The molecule has 0 bridgehead atoms. The zero-order valence-electron chi connectivity index (χ0n) is 16.1. The van der Waals surface area contributed by atoms with Crippen LogP contribution >= 0.6 is 0 Å². The molecule has 1 N–H and O–H groups in total. The fourth-order valence-corrected chi connectivity index (χ4v) is 3.02. The van der Waals surface area contributed by atoms with E-state index in [1.165, 1.54) is 0 Å². The van der Waals surface area contributed by atoms with Crippen LogP contribution in [0.5, 0.6) is 5.75 Å². The van der Waals surface area contributed by atoms with Crippen LogP contribution in [-0.2, 0) is 4.74 Å². The molecule has 0 saturated carbocycles. The van der Waals surface area contributed by atoms with Crippen molar-refractivity contribution in [3.8, 4) is 17.0 Å². The monoisotopic (exact) mass is 388 g/mol. The number of imidazole rings is 1. The number of anilines is 2. The molecular formula is C22H20N4O3. The van der Waals surface area contributed by atoms with E-state index in [1.54, 1.807) is 38.6 Å². The van der Waals surface area contributed by atoms with Crippen molar-refractivity contribution in [1.29, 1.82) is 0 Å². The molecule has 2 aromatic carbocycles. The van der Waals surface area contributed by atoms with Crippen molar-refractivity contribution in [2.24, 2.45) is 0 Å². The Kier molecular flexibility index (Phi) is 5.11. The van der Waals surface area contributed by atoms with Crippen molar-refractivity contribution in [2.45, 2.75) is 6.92 Å². The second-order valence-corrected chi connectivity index (χ2v) is 6.26. The first-order valence-corrected chi connectivity index (χ1v) is 9.20. The van der Waals surface area contributed by atoms with Crippen LogP contribution in [0, 0.1) is 0 Å². The number of benzene rings is 2. The lowest BCUT2D eigenvalue weighted by Gasteiger charge is -2.10. The van der Waals surface area contributed by atoms with E-state index in [4.69, 9.17) is 14.5 Å². The van der Waals surface area contributed by atoms with Crippen LogP contribution in [-0.4, -0.2) is 34.1 Å². The summed E-state index contributed by atoms with van der Waals surface area (Å²) in [5, 5.41) is 3.41. The maximum atomic E-state index is 11.9. The lowest BCUT2D eigenvalue weighted by atomic mass is 10.1. The minimum atomic E-state index is -0.334. The standard InChI is InChI=1S/C22H20N4O3/c1-3-29-22(27)16-4-8-17(9-5-16)24-21-20(15-6-10-18(28-2)11-7-15)25-19-14-23-12-13-26(19)21/h4-14,24H,3H2,1-2H3. The fourth-order valence-electron chi connectivity index (χ4n) is 3.02. The predicted molar refractivity (Wildman–Crippen MR) is 111 cm³/mol. The molecule has 0 fully saturated rings. The molecule has 7 nitrogen and oxygen atoms in total. The minimum absolute atomic E-state index is 0.334. The van der Waals surface area contributed by atoms with E-state index in [0.717, 1.165) is 34.2 Å². The van der Waals surface area contributed by atoms with Gasteiger partial charge in [-0.3, -0.25) is 9.38 Å². The smallest absolute Gasteiger partial charge is 0.338 e. The molecule has 0 spiro atoms. The van der Waals surface area contributed by atoms with E-state index in [1.807, 2.05) is 47.0 Å². The van der Waals surface area contributed by atoms with Crippen LogP contribution < -0.4 is 10.1 Å². The quantitative estimate of drug-likeness (QED) is 0.496. The molecule has 0 unspecified atom stereocenters. The summed E-state index contributed by atoms with van der Waals surface area (Å²) in [5.41, 5.74) is 3.79. The van der Waals surface area contributed by atoms with E-state index in [2.05, 4.69) is 10.3 Å². The molecule has 146 valence electrons. The Hall–Kier alpha value is -3.87. The average Bonchev–Trinajstić information content (AvgIpc) is 3.13. The molecule has 29 heavy (non-hydrogen) atoms. The van der Waals surface area contributed by atoms with Crippen LogP contribution in [0.1, 0.15) is 17.3 Å². The van der Waals surface area contributed by atoms with Gasteiger partial charge in [0.15, 0.2) is 5.65 Å². The lowest BCUT2D eigenvalue weighted by molar-refractivity contribution is 0.0526. The number of methoxy groups -OCH3 is 1. The molecule has 0 atom stereocenters. The van der Waals surface area contributed by atoms with E-state index in [9.17, 15) is 4.79 Å². The molecular weight excluding hydrogens is 368 g/mol. The first-order chi connectivity index (χ1) is 14.2. The molecule has 2 aromatic heterocycles. The Morgan fingerprint density at radius 1 is 1.10 bits per heavy atom. The summed E-state index contributed by atoms with van der Waals surface area (Å²) in [6, 6.07) is 14.9. The molecule has 0 aliphatic carbocycles. The van der Waals surface area contributed by atoms with Crippen molar-refractivity contribution in [3.63, 3.8) is 0 Å². The number of nitrogens with zero attached hydrogens (tertiary/aromatic N) is 3. The summed E-state index contributed by atoms with van der Waals surface area (Å²) in [6.07, 6.45) is 5.27. The number of rotatable bonds is 6. The Morgan fingerprint density at radius 2 is 1.86 bits per heavy atom. The molecule has 0 amide bonds. The van der Waals surface area contributed by atoms with Gasteiger partial charge in [-0.1, -0.05) is 0 Å². The largest absolute Gasteiger partial charge is 0.497 e. The number of ether oxygens (including phenoxy) is 2. The SMILES string of the molecule is CCOC(=O)c1ccc(Nc2c(-c3ccc(OC)cc3)nc3cnccn23)cc1. The maximum Gasteiger partial charge on any atom is 0.338 e. The van der Waals surface area contributed by atoms with E-state index < -0.39 is 0 Å². The Balaban J connectivity index is 1.71. The van der Waals surface area contributed by atoms with Gasteiger partial charge in [-0.25, -0.2) is 9.78 Å². The van der Waals surface area contributed by atoms with Crippen molar-refractivity contribution in [1.82, 2.24) is 14.4 Å². The first-order valence-electron chi connectivity index (χ1n) is 9.20. The van der Waals surface area contributed by atoms with Crippen molar-refractivity contribution >= 4 is 23.1 Å². The summed E-state index contributed by atoms with van der Waals surface area (Å²) < 4.78 is 12.2. The normalized spacial score (nSPS) is 10.7. The highest BCUT2D eigenvalue weighted by Crippen LogP contribution is 2.32. The third-order valence-electron chi connectivity index (χ3n) is 4.45. The number of hydrogen-bond donors (Lipinski definition) is 1. The summed E-state index contributed by atoms with van der Waals surface area (Å²) in [4.78, 5) is 20.8. The van der Waals surface area contributed by atoms with Gasteiger partial charge < -0.3 is 14.8 Å². The second kappa shape index (κ2) is 8.02. The highest BCUT2D eigenvalue weighted by atomic mass is 16.5.